The molecule has 14 heavy (non-hydrogen) atoms. The first-order valence-corrected chi connectivity index (χ1v) is 3.88. The second-order valence-corrected chi connectivity index (χ2v) is 2.49. The summed E-state index contributed by atoms with van der Waals surface area (Å²) in [6, 6.07) is 3.17. The Morgan fingerprint density at radius 3 is 3.07 bits per heavy atom. The first-order chi connectivity index (χ1) is 6.70. The Balaban J connectivity index is 3.31. The molecule has 0 saturated carbocycles. The van der Waals surface area contributed by atoms with Crippen LogP contribution in [-0.4, -0.2) is 18.4 Å². The van der Waals surface area contributed by atoms with Crippen LogP contribution < -0.4 is 11.3 Å². The molecule has 5 nitrogen and oxygen atoms in total. The van der Waals surface area contributed by atoms with Gasteiger partial charge in [0.1, 0.15) is 0 Å². The van der Waals surface area contributed by atoms with Gasteiger partial charge in [0, 0.05) is 6.20 Å². The van der Waals surface area contributed by atoms with Gasteiger partial charge in [-0.05, 0) is 18.9 Å². The molecular formula is C9H11N3O2. The standard InChI is InChI=1S/C9H11N3O2/c1-11-6-8(14-2)12-5-3-4-7(10)9(12)13/h3-6H,1,10H2,2H3/b8-6-. The quantitative estimate of drug-likeness (QED) is 0.562. The molecule has 0 unspecified atom stereocenters. The number of hydrogen-bond donors (Lipinski definition) is 1. The van der Waals surface area contributed by atoms with E-state index in [-0.39, 0.29) is 17.1 Å². The summed E-state index contributed by atoms with van der Waals surface area (Å²) in [7, 11) is 1.44. The van der Waals surface area contributed by atoms with E-state index in [4.69, 9.17) is 10.5 Å². The van der Waals surface area contributed by atoms with Crippen LogP contribution in [0.4, 0.5) is 5.69 Å². The van der Waals surface area contributed by atoms with Crippen LogP contribution in [-0.2, 0) is 4.74 Å². The molecule has 1 aromatic rings. The van der Waals surface area contributed by atoms with Crippen LogP contribution in [0, 0.1) is 0 Å². The molecule has 0 atom stereocenters. The van der Waals surface area contributed by atoms with Gasteiger partial charge in [-0.15, -0.1) is 0 Å². The minimum atomic E-state index is -0.343. The fourth-order valence-electron chi connectivity index (χ4n) is 0.976. The molecule has 0 aliphatic carbocycles. The van der Waals surface area contributed by atoms with Gasteiger partial charge in [-0.2, -0.15) is 0 Å². The van der Waals surface area contributed by atoms with E-state index in [2.05, 4.69) is 11.7 Å². The summed E-state index contributed by atoms with van der Waals surface area (Å²) in [6.07, 6.45) is 2.88. The van der Waals surface area contributed by atoms with Crippen LogP contribution in [0.5, 0.6) is 0 Å². The molecule has 1 heterocycles. The zero-order valence-electron chi connectivity index (χ0n) is 7.80. The number of nitrogens with zero attached hydrogens (tertiary/aromatic N) is 2. The van der Waals surface area contributed by atoms with E-state index in [0.29, 0.717) is 0 Å². The van der Waals surface area contributed by atoms with Gasteiger partial charge < -0.3 is 10.5 Å². The summed E-state index contributed by atoms with van der Waals surface area (Å²) in [4.78, 5) is 15.0. The summed E-state index contributed by atoms with van der Waals surface area (Å²) in [5, 5.41) is 0. The summed E-state index contributed by atoms with van der Waals surface area (Å²) < 4.78 is 6.20. The minimum Gasteiger partial charge on any atom is -0.481 e. The van der Waals surface area contributed by atoms with Gasteiger partial charge in [0.25, 0.3) is 5.56 Å². The molecule has 0 fully saturated rings. The van der Waals surface area contributed by atoms with E-state index >= 15 is 0 Å². The van der Waals surface area contributed by atoms with Crippen molar-refractivity contribution in [3.8, 4) is 0 Å². The van der Waals surface area contributed by atoms with Gasteiger partial charge >= 0.3 is 0 Å². The van der Waals surface area contributed by atoms with Crippen molar-refractivity contribution in [1.29, 1.82) is 0 Å². The minimum absolute atomic E-state index is 0.152. The third-order valence-electron chi connectivity index (χ3n) is 1.62. The highest BCUT2D eigenvalue weighted by molar-refractivity contribution is 5.44. The summed E-state index contributed by atoms with van der Waals surface area (Å²) in [6.45, 7) is 3.27. The van der Waals surface area contributed by atoms with Gasteiger partial charge in [-0.3, -0.25) is 14.4 Å². The highest BCUT2D eigenvalue weighted by Crippen LogP contribution is 2.03. The van der Waals surface area contributed by atoms with Crippen molar-refractivity contribution in [1.82, 2.24) is 4.57 Å². The van der Waals surface area contributed by atoms with E-state index in [1.807, 2.05) is 0 Å². The Bertz CT molecular complexity index is 420. The second-order valence-electron chi connectivity index (χ2n) is 2.49. The molecular weight excluding hydrogens is 182 g/mol. The maximum atomic E-state index is 11.5. The predicted molar refractivity (Wildman–Crippen MR) is 55.9 cm³/mol. The van der Waals surface area contributed by atoms with Crippen LogP contribution in [0.15, 0.2) is 34.3 Å². The van der Waals surface area contributed by atoms with Gasteiger partial charge in [0.05, 0.1) is 19.0 Å². The Labute approximate surface area is 81.1 Å². The van der Waals surface area contributed by atoms with E-state index < -0.39 is 0 Å². The Morgan fingerprint density at radius 2 is 2.50 bits per heavy atom. The average molecular weight is 193 g/mol. The Morgan fingerprint density at radius 1 is 1.79 bits per heavy atom. The average Bonchev–Trinajstić information content (AvgIpc) is 2.19. The lowest BCUT2D eigenvalue weighted by Gasteiger charge is -2.07. The van der Waals surface area contributed by atoms with Crippen LogP contribution >= 0.6 is 0 Å². The Hall–Kier alpha value is -2.04. The highest BCUT2D eigenvalue weighted by Gasteiger charge is 2.03. The van der Waals surface area contributed by atoms with E-state index in [0.717, 1.165) is 0 Å². The first-order valence-electron chi connectivity index (χ1n) is 3.88. The molecule has 0 aromatic carbocycles. The maximum absolute atomic E-state index is 11.5. The van der Waals surface area contributed by atoms with Crippen LogP contribution in [0.25, 0.3) is 5.88 Å². The topological polar surface area (TPSA) is 69.6 Å². The monoisotopic (exact) mass is 193 g/mol. The number of aliphatic imine (C=N–C) groups is 1. The Kier molecular flexibility index (Phi) is 3.06. The van der Waals surface area contributed by atoms with Gasteiger partial charge in [0.2, 0.25) is 5.88 Å². The van der Waals surface area contributed by atoms with Crippen molar-refractivity contribution in [3.05, 3.63) is 34.9 Å². The van der Waals surface area contributed by atoms with Crippen LogP contribution in [0.2, 0.25) is 0 Å². The van der Waals surface area contributed by atoms with Crippen molar-refractivity contribution in [2.75, 3.05) is 12.8 Å². The van der Waals surface area contributed by atoms with Gasteiger partial charge in [-0.25, -0.2) is 0 Å². The van der Waals surface area contributed by atoms with Gasteiger partial charge in [-0.1, -0.05) is 0 Å². The number of hydrogen-bond acceptors (Lipinski definition) is 4. The van der Waals surface area contributed by atoms with E-state index in [1.165, 1.54) is 23.9 Å². The molecule has 0 aliphatic heterocycles. The SMILES string of the molecule is C=N/C=C(\OC)n1cccc(N)c1=O. The molecule has 0 saturated heterocycles. The maximum Gasteiger partial charge on any atom is 0.280 e. The smallest absolute Gasteiger partial charge is 0.280 e. The van der Waals surface area contributed by atoms with Crippen molar-refractivity contribution < 1.29 is 4.74 Å². The molecule has 5 heteroatoms. The lowest BCUT2D eigenvalue weighted by Crippen LogP contribution is -2.21. The van der Waals surface area contributed by atoms with Crippen molar-refractivity contribution >= 4 is 18.3 Å². The molecule has 2 N–H and O–H groups in total. The summed E-state index contributed by atoms with van der Waals surface area (Å²) >= 11 is 0. The molecule has 0 spiro atoms. The predicted octanol–water partition coefficient (Wildman–Crippen LogP) is 0.533. The fraction of sp³-hybridized carbons (Fsp3) is 0.111. The second kappa shape index (κ2) is 4.27. The van der Waals surface area contributed by atoms with Crippen molar-refractivity contribution in [2.45, 2.75) is 0 Å². The van der Waals surface area contributed by atoms with E-state index in [9.17, 15) is 4.79 Å². The van der Waals surface area contributed by atoms with Gasteiger partial charge in [0.15, 0.2) is 0 Å². The lowest BCUT2D eigenvalue weighted by molar-refractivity contribution is 0.341. The highest BCUT2D eigenvalue weighted by atomic mass is 16.5. The number of ether oxygens (including phenoxy) is 1. The number of aromatic nitrogens is 1. The number of anilines is 1. The third kappa shape index (κ3) is 1.82. The summed E-state index contributed by atoms with van der Waals surface area (Å²) in [5.74, 6) is 0.275. The van der Waals surface area contributed by atoms with E-state index in [1.54, 1.807) is 12.3 Å². The first kappa shape index (κ1) is 10.0. The number of rotatable bonds is 3. The fourth-order valence-corrected chi connectivity index (χ4v) is 0.976. The molecule has 1 aromatic heterocycles. The van der Waals surface area contributed by atoms with Crippen molar-refractivity contribution in [2.24, 2.45) is 4.99 Å². The molecule has 0 bridgehead atoms. The number of nitrogens with two attached hydrogens (primary N) is 1. The zero-order chi connectivity index (χ0) is 10.6. The zero-order valence-corrected chi connectivity index (χ0v) is 7.80. The lowest BCUT2D eigenvalue weighted by atomic mass is 10.4. The van der Waals surface area contributed by atoms with Crippen LogP contribution in [0.1, 0.15) is 0 Å². The molecule has 0 radical (unpaired) electrons. The number of nitrogen functional groups attached to an aromatic ring is 1. The largest absolute Gasteiger partial charge is 0.481 e. The molecule has 0 amide bonds. The normalized spacial score (nSPS) is 11.1. The van der Waals surface area contributed by atoms with Crippen molar-refractivity contribution in [3.63, 3.8) is 0 Å². The molecule has 74 valence electrons. The molecule has 1 rings (SSSR count). The van der Waals surface area contributed by atoms with Crippen LogP contribution in [0.3, 0.4) is 0 Å². The number of pyridine rings is 1. The molecule has 0 aliphatic rings. The summed E-state index contributed by atoms with van der Waals surface area (Å²) in [5.41, 5.74) is 5.26. The number of methoxy groups -OCH3 is 1. The third-order valence-corrected chi connectivity index (χ3v) is 1.62.